The molecule has 2 fully saturated rings. The van der Waals surface area contributed by atoms with Gasteiger partial charge in [0.2, 0.25) is 0 Å². The lowest BCUT2D eigenvalue weighted by Gasteiger charge is -2.29. The summed E-state index contributed by atoms with van der Waals surface area (Å²) in [4.78, 5) is 15.5. The lowest BCUT2D eigenvalue weighted by atomic mass is 10.0. The molecule has 0 saturated carbocycles. The highest BCUT2D eigenvalue weighted by molar-refractivity contribution is 6.00. The molecule has 0 aliphatic carbocycles. The SMILES string of the molecule is COc1cccc(Oc2ccc(C(=O)C3CCCN3C3CCNC3)cc2)c1. The normalized spacial score (nSPS) is 22.7. The number of ketones is 1. The van der Waals surface area contributed by atoms with Crippen LogP contribution in [0, 0.1) is 0 Å². The third-order valence-corrected chi connectivity index (χ3v) is 5.52. The van der Waals surface area contributed by atoms with Crippen molar-refractivity contribution in [3.05, 3.63) is 54.1 Å². The van der Waals surface area contributed by atoms with E-state index in [-0.39, 0.29) is 11.8 Å². The molecule has 2 aliphatic rings. The molecule has 5 nitrogen and oxygen atoms in total. The van der Waals surface area contributed by atoms with Crippen molar-refractivity contribution in [2.75, 3.05) is 26.7 Å². The Balaban J connectivity index is 1.44. The molecule has 5 heteroatoms. The lowest BCUT2D eigenvalue weighted by molar-refractivity contribution is 0.0826. The smallest absolute Gasteiger partial charge is 0.179 e. The van der Waals surface area contributed by atoms with Crippen LogP contribution in [0.5, 0.6) is 17.2 Å². The first-order valence-corrected chi connectivity index (χ1v) is 9.67. The zero-order chi connectivity index (χ0) is 18.6. The second-order valence-electron chi connectivity index (χ2n) is 7.21. The van der Waals surface area contributed by atoms with Crippen molar-refractivity contribution < 1.29 is 14.3 Å². The predicted octanol–water partition coefficient (Wildman–Crippen LogP) is 3.50. The Hall–Kier alpha value is -2.37. The van der Waals surface area contributed by atoms with Crippen LogP contribution in [0.15, 0.2) is 48.5 Å². The standard InChI is InChI=1S/C22H26N2O3/c1-26-19-4-2-5-20(14-19)27-18-9-7-16(8-10-18)22(25)21-6-3-13-24(21)17-11-12-23-15-17/h2,4-5,7-10,14,17,21,23H,3,6,11-13,15H2,1H3. The Kier molecular flexibility index (Phi) is 5.41. The van der Waals surface area contributed by atoms with Crippen molar-refractivity contribution in [2.24, 2.45) is 0 Å². The van der Waals surface area contributed by atoms with Crippen LogP contribution in [-0.2, 0) is 0 Å². The third kappa shape index (κ3) is 3.99. The van der Waals surface area contributed by atoms with Gasteiger partial charge in [-0.2, -0.15) is 0 Å². The summed E-state index contributed by atoms with van der Waals surface area (Å²) in [6.07, 6.45) is 3.19. The molecule has 0 bridgehead atoms. The van der Waals surface area contributed by atoms with E-state index in [1.54, 1.807) is 7.11 Å². The summed E-state index contributed by atoms with van der Waals surface area (Å²) in [7, 11) is 1.63. The van der Waals surface area contributed by atoms with E-state index in [2.05, 4.69) is 10.2 Å². The monoisotopic (exact) mass is 366 g/mol. The van der Waals surface area contributed by atoms with Gasteiger partial charge in [0.05, 0.1) is 13.2 Å². The van der Waals surface area contributed by atoms with Crippen LogP contribution in [0.1, 0.15) is 29.6 Å². The minimum absolute atomic E-state index is 0.0139. The van der Waals surface area contributed by atoms with Gasteiger partial charge in [0.25, 0.3) is 0 Å². The molecular formula is C22H26N2O3. The minimum atomic E-state index is 0.0139. The molecule has 2 unspecified atom stereocenters. The van der Waals surface area contributed by atoms with E-state index in [4.69, 9.17) is 9.47 Å². The van der Waals surface area contributed by atoms with Crippen molar-refractivity contribution >= 4 is 5.78 Å². The number of rotatable bonds is 6. The van der Waals surface area contributed by atoms with Gasteiger partial charge >= 0.3 is 0 Å². The van der Waals surface area contributed by atoms with Crippen LogP contribution in [0.3, 0.4) is 0 Å². The summed E-state index contributed by atoms with van der Waals surface area (Å²) in [5.41, 5.74) is 0.760. The highest BCUT2D eigenvalue weighted by atomic mass is 16.5. The molecule has 2 heterocycles. The zero-order valence-electron chi connectivity index (χ0n) is 15.7. The quantitative estimate of drug-likeness (QED) is 0.793. The maximum Gasteiger partial charge on any atom is 0.179 e. The van der Waals surface area contributed by atoms with E-state index in [1.807, 2.05) is 48.5 Å². The van der Waals surface area contributed by atoms with E-state index in [0.717, 1.165) is 50.2 Å². The van der Waals surface area contributed by atoms with Gasteiger partial charge in [-0.25, -0.2) is 0 Å². The van der Waals surface area contributed by atoms with E-state index < -0.39 is 0 Å². The molecule has 27 heavy (non-hydrogen) atoms. The Labute approximate surface area is 160 Å². The zero-order valence-corrected chi connectivity index (χ0v) is 15.7. The van der Waals surface area contributed by atoms with Crippen molar-refractivity contribution in [2.45, 2.75) is 31.3 Å². The maximum absolute atomic E-state index is 13.0. The van der Waals surface area contributed by atoms with Gasteiger partial charge in [-0.15, -0.1) is 0 Å². The summed E-state index contributed by atoms with van der Waals surface area (Å²) in [6.45, 7) is 3.08. The van der Waals surface area contributed by atoms with Gasteiger partial charge in [-0.05, 0) is 68.8 Å². The number of ether oxygens (including phenoxy) is 2. The van der Waals surface area contributed by atoms with Crippen molar-refractivity contribution in [3.8, 4) is 17.2 Å². The number of hydrogen-bond acceptors (Lipinski definition) is 5. The molecule has 0 radical (unpaired) electrons. The number of nitrogens with one attached hydrogen (secondary N) is 1. The number of carbonyl (C=O) groups is 1. The fourth-order valence-electron chi connectivity index (χ4n) is 4.11. The number of Topliss-reactive ketones (excluding diaryl/α,β-unsaturated/α-hetero) is 1. The average molecular weight is 366 g/mol. The number of nitrogens with zero attached hydrogens (tertiary/aromatic N) is 1. The molecule has 4 rings (SSSR count). The first-order chi connectivity index (χ1) is 13.2. The summed E-state index contributed by atoms with van der Waals surface area (Å²) in [6, 6.07) is 15.5. The lowest BCUT2D eigenvalue weighted by Crippen LogP contribution is -2.44. The Morgan fingerprint density at radius 2 is 1.89 bits per heavy atom. The number of hydrogen-bond donors (Lipinski definition) is 1. The third-order valence-electron chi connectivity index (χ3n) is 5.52. The van der Waals surface area contributed by atoms with Crippen molar-refractivity contribution in [3.63, 3.8) is 0 Å². The fraction of sp³-hybridized carbons (Fsp3) is 0.409. The van der Waals surface area contributed by atoms with E-state index in [0.29, 0.717) is 17.5 Å². The number of carbonyl (C=O) groups excluding carboxylic acids is 1. The highest BCUT2D eigenvalue weighted by Crippen LogP contribution is 2.28. The van der Waals surface area contributed by atoms with Crippen LogP contribution < -0.4 is 14.8 Å². The van der Waals surface area contributed by atoms with Gasteiger partial charge in [-0.3, -0.25) is 9.69 Å². The van der Waals surface area contributed by atoms with Crippen LogP contribution in [0.4, 0.5) is 0 Å². The molecule has 0 spiro atoms. The van der Waals surface area contributed by atoms with Gasteiger partial charge < -0.3 is 14.8 Å². The Morgan fingerprint density at radius 3 is 2.63 bits per heavy atom. The summed E-state index contributed by atoms with van der Waals surface area (Å²) in [5, 5.41) is 3.41. The first-order valence-electron chi connectivity index (χ1n) is 9.67. The summed E-state index contributed by atoms with van der Waals surface area (Å²) in [5.74, 6) is 2.40. The van der Waals surface area contributed by atoms with Crippen LogP contribution in [0.25, 0.3) is 0 Å². The highest BCUT2D eigenvalue weighted by Gasteiger charge is 2.36. The van der Waals surface area contributed by atoms with Crippen LogP contribution in [-0.4, -0.2) is 49.5 Å². The summed E-state index contributed by atoms with van der Waals surface area (Å²) < 4.78 is 11.1. The minimum Gasteiger partial charge on any atom is -0.497 e. The molecule has 2 saturated heterocycles. The molecular weight excluding hydrogens is 340 g/mol. The topological polar surface area (TPSA) is 50.8 Å². The number of benzene rings is 2. The molecule has 2 aliphatic heterocycles. The van der Waals surface area contributed by atoms with Crippen molar-refractivity contribution in [1.82, 2.24) is 10.2 Å². The van der Waals surface area contributed by atoms with Gasteiger partial charge in [0, 0.05) is 24.2 Å². The molecule has 0 aromatic heterocycles. The fourth-order valence-corrected chi connectivity index (χ4v) is 4.11. The van der Waals surface area contributed by atoms with Gasteiger partial charge in [0.15, 0.2) is 5.78 Å². The van der Waals surface area contributed by atoms with E-state index in [1.165, 1.54) is 0 Å². The largest absolute Gasteiger partial charge is 0.497 e. The Morgan fingerprint density at radius 1 is 1.07 bits per heavy atom. The molecule has 1 N–H and O–H groups in total. The van der Waals surface area contributed by atoms with Gasteiger partial charge in [-0.1, -0.05) is 6.07 Å². The average Bonchev–Trinajstić information content (AvgIpc) is 3.39. The number of likely N-dealkylation sites (tertiary alicyclic amines) is 1. The predicted molar refractivity (Wildman–Crippen MR) is 105 cm³/mol. The van der Waals surface area contributed by atoms with E-state index in [9.17, 15) is 4.79 Å². The van der Waals surface area contributed by atoms with Crippen molar-refractivity contribution in [1.29, 1.82) is 0 Å². The summed E-state index contributed by atoms with van der Waals surface area (Å²) >= 11 is 0. The molecule has 2 aromatic rings. The van der Waals surface area contributed by atoms with Gasteiger partial charge in [0.1, 0.15) is 17.2 Å². The number of methoxy groups -OCH3 is 1. The second kappa shape index (κ2) is 8.11. The molecule has 142 valence electrons. The Bertz CT molecular complexity index is 784. The molecule has 2 aromatic carbocycles. The van der Waals surface area contributed by atoms with E-state index >= 15 is 0 Å². The second-order valence-corrected chi connectivity index (χ2v) is 7.21. The maximum atomic E-state index is 13.0. The molecule has 2 atom stereocenters. The van der Waals surface area contributed by atoms with Crippen LogP contribution >= 0.6 is 0 Å². The first kappa shape index (κ1) is 18.0. The molecule has 0 amide bonds. The van der Waals surface area contributed by atoms with Crippen LogP contribution in [0.2, 0.25) is 0 Å².